The Morgan fingerprint density at radius 2 is 0.902 bits per heavy atom. The summed E-state index contributed by atoms with van der Waals surface area (Å²) in [7, 11) is 6.09. The highest BCUT2D eigenvalue weighted by Gasteiger charge is 2.53. The standard InChI is InChI=1S/C76H84O16/c1-76(2)89-52-67(92-76)71(86-48-56-31-19-10-20-32-56)74(88-50-58-35-23-12-24-36-58)72(91-75(77)60-41-62(79-4)68(81-6)63(42-60)80-5)64(83-45-59-37-39-61(78-3)40-38-59)43-65-69(84-46-54-27-15-8-16-28-54)73(87-49-57-33-21-11-22-34-57)70(85-47-55-29-17-9-18-30-55)66(90-65)51-82-44-53-25-13-7-14-26-53/h7-42,64-67,69-74H,43-52H2,1-6H3/t64-,65-,66+,67-,69-,70+,71+,72+,73+,74-/m0/s1. The summed E-state index contributed by atoms with van der Waals surface area (Å²) < 4.78 is 101. The maximum Gasteiger partial charge on any atom is 0.338 e. The number of esters is 1. The molecule has 2 saturated heterocycles. The highest BCUT2D eigenvalue weighted by atomic mass is 16.8. The van der Waals surface area contributed by atoms with Crippen LogP contribution in [-0.4, -0.2) is 114 Å². The van der Waals surface area contributed by atoms with Crippen molar-refractivity contribution in [3.05, 3.63) is 263 Å². The Kier molecular flexibility index (Phi) is 24.8. The molecule has 0 aliphatic carbocycles. The second kappa shape index (κ2) is 34.1. The van der Waals surface area contributed by atoms with Gasteiger partial charge >= 0.3 is 5.97 Å². The third-order valence-corrected chi connectivity index (χ3v) is 16.2. The van der Waals surface area contributed by atoms with Gasteiger partial charge < -0.3 is 71.1 Å². The number of benzene rings is 8. The van der Waals surface area contributed by atoms with Crippen LogP contribution in [0.4, 0.5) is 0 Å². The van der Waals surface area contributed by atoms with Crippen molar-refractivity contribution in [1.29, 1.82) is 0 Å². The van der Waals surface area contributed by atoms with Gasteiger partial charge in [-0.1, -0.05) is 194 Å². The Balaban J connectivity index is 1.15. The lowest BCUT2D eigenvalue weighted by molar-refractivity contribution is -0.280. The summed E-state index contributed by atoms with van der Waals surface area (Å²) in [4.78, 5) is 15.7. The first kappa shape index (κ1) is 66.9. The maximum absolute atomic E-state index is 15.7. The number of carbonyl (C=O) groups excluding carboxylic acids is 1. The zero-order chi connectivity index (χ0) is 63.9. The summed E-state index contributed by atoms with van der Waals surface area (Å²) in [5, 5.41) is 0. The van der Waals surface area contributed by atoms with Gasteiger partial charge in [0.1, 0.15) is 54.6 Å². The molecule has 10 atom stereocenters. The average molecular weight is 1250 g/mol. The summed E-state index contributed by atoms with van der Waals surface area (Å²) >= 11 is 0. The topological polar surface area (TPSA) is 156 Å². The molecule has 0 N–H and O–H groups in total. The van der Waals surface area contributed by atoms with Crippen molar-refractivity contribution < 1.29 is 75.8 Å². The second-order valence-corrected chi connectivity index (χ2v) is 23.1. The van der Waals surface area contributed by atoms with Gasteiger partial charge in [-0.25, -0.2) is 4.79 Å². The van der Waals surface area contributed by atoms with E-state index in [-0.39, 0.29) is 82.1 Å². The molecule has 0 spiro atoms. The van der Waals surface area contributed by atoms with Crippen molar-refractivity contribution in [2.45, 2.75) is 133 Å². The van der Waals surface area contributed by atoms with Crippen LogP contribution in [-0.2, 0) is 98.4 Å². The van der Waals surface area contributed by atoms with Crippen LogP contribution in [0.1, 0.15) is 69.6 Å². The fraction of sp³-hybridized carbons (Fsp3) is 0.355. The number of rotatable bonds is 34. The van der Waals surface area contributed by atoms with E-state index in [2.05, 4.69) is 0 Å². The Morgan fingerprint density at radius 3 is 1.36 bits per heavy atom. The molecule has 2 aliphatic rings. The molecule has 16 nitrogen and oxygen atoms in total. The quantitative estimate of drug-likeness (QED) is 0.0351. The Morgan fingerprint density at radius 1 is 0.467 bits per heavy atom. The van der Waals surface area contributed by atoms with E-state index in [1.807, 2.05) is 220 Å². The molecule has 2 heterocycles. The minimum Gasteiger partial charge on any atom is -0.497 e. The summed E-state index contributed by atoms with van der Waals surface area (Å²) in [6.07, 6.45) is -9.58. The third-order valence-electron chi connectivity index (χ3n) is 16.2. The maximum atomic E-state index is 15.7. The summed E-state index contributed by atoms with van der Waals surface area (Å²) in [6, 6.07) is 70.2. The van der Waals surface area contributed by atoms with E-state index in [4.69, 9.17) is 71.1 Å². The molecular formula is C76H84O16. The van der Waals surface area contributed by atoms with E-state index in [1.165, 1.54) is 21.3 Å². The van der Waals surface area contributed by atoms with Crippen molar-refractivity contribution in [2.24, 2.45) is 0 Å². The first-order valence-corrected chi connectivity index (χ1v) is 31.2. The minimum atomic E-state index is -1.36. The highest BCUT2D eigenvalue weighted by Crippen LogP contribution is 2.41. The first-order valence-electron chi connectivity index (χ1n) is 31.2. The van der Waals surface area contributed by atoms with Gasteiger partial charge in [0.15, 0.2) is 23.4 Å². The number of hydrogen-bond acceptors (Lipinski definition) is 16. The predicted octanol–water partition coefficient (Wildman–Crippen LogP) is 13.3. The molecule has 8 aromatic rings. The molecule has 0 amide bonds. The zero-order valence-corrected chi connectivity index (χ0v) is 53.2. The van der Waals surface area contributed by atoms with E-state index in [0.717, 1.165) is 38.9 Å². The Bertz CT molecular complexity index is 3390. The summed E-state index contributed by atoms with van der Waals surface area (Å²) in [5.74, 6) is -0.363. The number of methoxy groups -OCH3 is 4. The molecule has 2 aliphatic heterocycles. The van der Waals surface area contributed by atoms with Crippen molar-refractivity contribution in [3.63, 3.8) is 0 Å². The third kappa shape index (κ3) is 18.9. The molecule has 92 heavy (non-hydrogen) atoms. The van der Waals surface area contributed by atoms with Crippen LogP contribution >= 0.6 is 0 Å². The van der Waals surface area contributed by atoms with Crippen LogP contribution in [0.15, 0.2) is 218 Å². The van der Waals surface area contributed by atoms with Gasteiger partial charge in [0.25, 0.3) is 0 Å². The van der Waals surface area contributed by atoms with E-state index < -0.39 is 72.8 Å². The van der Waals surface area contributed by atoms with Crippen LogP contribution in [0.2, 0.25) is 0 Å². The Labute approximate surface area is 540 Å². The van der Waals surface area contributed by atoms with Crippen LogP contribution in [0, 0.1) is 0 Å². The molecule has 0 bridgehead atoms. The van der Waals surface area contributed by atoms with Gasteiger partial charge in [-0.05, 0) is 77.1 Å². The lowest BCUT2D eigenvalue weighted by Gasteiger charge is -2.48. The molecule has 8 aromatic carbocycles. The second-order valence-electron chi connectivity index (χ2n) is 23.1. The molecule has 0 saturated carbocycles. The van der Waals surface area contributed by atoms with Crippen molar-refractivity contribution in [3.8, 4) is 23.0 Å². The van der Waals surface area contributed by atoms with Crippen LogP contribution < -0.4 is 18.9 Å². The van der Waals surface area contributed by atoms with Crippen LogP contribution in [0.25, 0.3) is 0 Å². The van der Waals surface area contributed by atoms with Crippen LogP contribution in [0.5, 0.6) is 23.0 Å². The van der Waals surface area contributed by atoms with E-state index in [1.54, 1.807) is 19.2 Å². The molecule has 0 unspecified atom stereocenters. The number of hydrogen-bond donors (Lipinski definition) is 0. The summed E-state index contributed by atoms with van der Waals surface area (Å²) in [5.41, 5.74) is 6.41. The highest BCUT2D eigenvalue weighted by molar-refractivity contribution is 5.91. The molecule has 16 heteroatoms. The van der Waals surface area contributed by atoms with Crippen LogP contribution in [0.3, 0.4) is 0 Å². The normalized spacial score (nSPS) is 19.9. The average Bonchev–Trinajstić information content (AvgIpc) is 1.56. The van der Waals surface area contributed by atoms with E-state index in [0.29, 0.717) is 12.4 Å². The molecular weight excluding hydrogens is 1170 g/mol. The molecule has 2 fully saturated rings. The molecule has 484 valence electrons. The van der Waals surface area contributed by atoms with Gasteiger partial charge in [0.2, 0.25) is 5.75 Å². The SMILES string of the molecule is COc1ccc(CO[C@@H](C[C@@H]2O[C@H](COCc3ccccc3)[C@@H](OCc3ccccc3)[C@H](OCc3ccccc3)[C@H]2OCc2ccccc2)[C@@H](OC(=O)c2cc(OC)c(OC)c(OC)c2)[C@@H](OCc2ccccc2)[C@H](OCc2ccccc2)[C@@H]2COC(C)(C)O2)cc1. The van der Waals surface area contributed by atoms with Gasteiger partial charge in [-0.3, -0.25) is 0 Å². The number of carbonyl (C=O) groups is 1. The molecule has 0 radical (unpaired) electrons. The van der Waals surface area contributed by atoms with Gasteiger partial charge in [-0.15, -0.1) is 0 Å². The van der Waals surface area contributed by atoms with Crippen molar-refractivity contribution >= 4 is 5.97 Å². The smallest absolute Gasteiger partial charge is 0.338 e. The van der Waals surface area contributed by atoms with Crippen molar-refractivity contribution in [2.75, 3.05) is 41.7 Å². The lowest BCUT2D eigenvalue weighted by Crippen LogP contribution is -2.62. The summed E-state index contributed by atoms with van der Waals surface area (Å²) in [6.45, 7) is 5.00. The Hall–Kier alpha value is -7.97. The largest absolute Gasteiger partial charge is 0.497 e. The fourth-order valence-corrected chi connectivity index (χ4v) is 11.5. The minimum absolute atomic E-state index is 0.00127. The monoisotopic (exact) mass is 1250 g/mol. The number of ether oxygens (including phenoxy) is 15. The molecule has 0 aromatic heterocycles. The van der Waals surface area contributed by atoms with E-state index >= 15 is 4.79 Å². The lowest BCUT2D eigenvalue weighted by atomic mass is 9.88. The van der Waals surface area contributed by atoms with Gasteiger partial charge in [0.05, 0.1) is 99.6 Å². The van der Waals surface area contributed by atoms with Crippen molar-refractivity contribution in [1.82, 2.24) is 0 Å². The fourth-order valence-electron chi connectivity index (χ4n) is 11.5. The van der Waals surface area contributed by atoms with Gasteiger partial charge in [0, 0.05) is 6.42 Å². The first-order chi connectivity index (χ1) is 45.1. The zero-order valence-electron chi connectivity index (χ0n) is 53.2. The van der Waals surface area contributed by atoms with E-state index in [9.17, 15) is 0 Å². The predicted molar refractivity (Wildman–Crippen MR) is 346 cm³/mol. The molecule has 10 rings (SSSR count). The van der Waals surface area contributed by atoms with Gasteiger partial charge in [-0.2, -0.15) is 0 Å².